The van der Waals surface area contributed by atoms with E-state index in [4.69, 9.17) is 9.47 Å². The van der Waals surface area contributed by atoms with Gasteiger partial charge in [-0.15, -0.1) is 0 Å². The van der Waals surface area contributed by atoms with Crippen molar-refractivity contribution < 1.29 is 28.6 Å². The molecular formula is C35H60FNO5. The molecule has 0 spiro atoms. The predicted octanol–water partition coefficient (Wildman–Crippen LogP) is 8.09. The molecule has 2 atom stereocenters. The highest BCUT2D eigenvalue weighted by Crippen LogP contribution is 2.17. The van der Waals surface area contributed by atoms with Gasteiger partial charge in [-0.1, -0.05) is 79.2 Å². The number of ether oxygens (including phenoxy) is 2. The van der Waals surface area contributed by atoms with Gasteiger partial charge in [-0.2, -0.15) is 0 Å². The van der Waals surface area contributed by atoms with Gasteiger partial charge in [-0.25, -0.2) is 4.39 Å². The third-order valence-corrected chi connectivity index (χ3v) is 5.16. The van der Waals surface area contributed by atoms with E-state index < -0.39 is 12.0 Å². The lowest BCUT2D eigenvalue weighted by molar-refractivity contribution is -0.107. The van der Waals surface area contributed by atoms with E-state index in [0.717, 1.165) is 43.3 Å². The maximum Gasteiger partial charge on any atom is 0.235 e. The van der Waals surface area contributed by atoms with Crippen LogP contribution in [0.1, 0.15) is 102 Å². The van der Waals surface area contributed by atoms with Crippen LogP contribution in [0.4, 0.5) is 4.39 Å². The van der Waals surface area contributed by atoms with Gasteiger partial charge in [-0.3, -0.25) is 4.79 Å². The summed E-state index contributed by atoms with van der Waals surface area (Å²) in [4.78, 5) is 19.4. The molecule has 2 unspecified atom stereocenters. The average Bonchev–Trinajstić information content (AvgIpc) is 3.38. The number of rotatable bonds is 8. The number of carbonyl (C=O) groups is 2. The molecule has 0 saturated carbocycles. The fraction of sp³-hybridized carbons (Fsp3) is 0.600. The Morgan fingerprint density at radius 1 is 1.05 bits per heavy atom. The number of aliphatic hydroxyl groups is 1. The van der Waals surface area contributed by atoms with Crippen molar-refractivity contribution in [2.24, 2.45) is 5.92 Å². The summed E-state index contributed by atoms with van der Waals surface area (Å²) in [6.45, 7) is 21.6. The molecule has 1 saturated heterocycles. The summed E-state index contributed by atoms with van der Waals surface area (Å²) in [7, 11) is 1.83. The molecule has 7 heteroatoms. The second-order valence-electron chi connectivity index (χ2n) is 10.4. The zero-order chi connectivity index (χ0) is 33.0. The average molecular weight is 594 g/mol. The highest BCUT2D eigenvalue weighted by atomic mass is 19.1. The first-order valence-corrected chi connectivity index (χ1v) is 15.2. The van der Waals surface area contributed by atoms with Gasteiger partial charge in [-0.05, 0) is 68.1 Å². The van der Waals surface area contributed by atoms with Gasteiger partial charge in [0.1, 0.15) is 23.9 Å². The Kier molecular flexibility index (Phi) is 29.8. The van der Waals surface area contributed by atoms with Crippen LogP contribution in [-0.4, -0.2) is 56.4 Å². The fourth-order valence-corrected chi connectivity index (χ4v) is 3.15. The van der Waals surface area contributed by atoms with Crippen LogP contribution < -0.4 is 10.1 Å². The minimum absolute atomic E-state index is 0.480. The van der Waals surface area contributed by atoms with Crippen LogP contribution in [-0.2, 0) is 16.0 Å². The number of carbonyl (C=O) groups excluding carboxylic acids is 2. The van der Waals surface area contributed by atoms with Crippen LogP contribution in [0.3, 0.4) is 0 Å². The molecule has 1 aliphatic rings. The van der Waals surface area contributed by atoms with Gasteiger partial charge in [0.15, 0.2) is 0 Å². The molecule has 2 aromatic carbocycles. The first-order chi connectivity index (χ1) is 19.9. The van der Waals surface area contributed by atoms with Crippen LogP contribution in [0.25, 0.3) is 0 Å². The van der Waals surface area contributed by atoms with E-state index in [9.17, 15) is 19.1 Å². The molecule has 6 nitrogen and oxygen atoms in total. The van der Waals surface area contributed by atoms with Gasteiger partial charge in [0.25, 0.3) is 0 Å². The molecule has 42 heavy (non-hydrogen) atoms. The van der Waals surface area contributed by atoms with E-state index in [2.05, 4.69) is 33.0 Å². The SMILES string of the molecule is CC.CC(C)C.CCC=O.CCCc1cccc(OC(C)F)c1.CNCC1(O)CCOC1.Cc1ccc(C=O)cc1C. The number of hydrogen-bond acceptors (Lipinski definition) is 6. The summed E-state index contributed by atoms with van der Waals surface area (Å²) in [6.07, 6.45) is 4.00. The molecule has 3 rings (SSSR count). The number of hydrogen-bond donors (Lipinski definition) is 2. The van der Waals surface area contributed by atoms with Gasteiger partial charge in [0, 0.05) is 38.5 Å². The van der Waals surface area contributed by atoms with Gasteiger partial charge in [0.2, 0.25) is 6.36 Å². The zero-order valence-corrected chi connectivity index (χ0v) is 28.3. The third kappa shape index (κ3) is 26.3. The number of benzene rings is 2. The standard InChI is InChI=1S/C11H15FO.C9H10O.C6H13NO2.C4H10.C3H6O.C2H6/c1-3-5-10-6-4-7-11(8-10)13-9(2)12;1-7-3-4-9(6-10)5-8(7)2;1-7-4-6(8)2-3-9-5-6;1-4(2)3;1-2-3-4;1-2/h4,6-9H,3,5H2,1-2H3;3-6H,1-2H3;7-8H,2-5H2,1H3;4H,1-3H3;3H,2H2,1H3;1-2H3. The van der Waals surface area contributed by atoms with E-state index in [0.29, 0.717) is 31.9 Å². The Bertz CT molecular complexity index is 909. The number of nitrogens with one attached hydrogen (secondary N) is 1. The van der Waals surface area contributed by atoms with Gasteiger partial charge < -0.3 is 24.7 Å². The predicted molar refractivity (Wildman–Crippen MR) is 175 cm³/mol. The van der Waals surface area contributed by atoms with E-state index in [1.165, 1.54) is 23.6 Å². The topological polar surface area (TPSA) is 84.9 Å². The Hall–Kier alpha value is -2.61. The summed E-state index contributed by atoms with van der Waals surface area (Å²) in [5, 5.41) is 12.4. The quantitative estimate of drug-likeness (QED) is 0.301. The van der Waals surface area contributed by atoms with E-state index in [1.807, 2.05) is 78.1 Å². The van der Waals surface area contributed by atoms with Crippen molar-refractivity contribution in [3.8, 4) is 5.75 Å². The Balaban J connectivity index is -0.000000474. The van der Waals surface area contributed by atoms with Crippen LogP contribution in [0.5, 0.6) is 5.75 Å². The Morgan fingerprint density at radius 3 is 2.05 bits per heavy atom. The third-order valence-electron chi connectivity index (χ3n) is 5.16. The highest BCUT2D eigenvalue weighted by molar-refractivity contribution is 5.75. The maximum absolute atomic E-state index is 12.5. The van der Waals surface area contributed by atoms with Crippen LogP contribution in [0.15, 0.2) is 42.5 Å². The second kappa shape index (κ2) is 28.5. The summed E-state index contributed by atoms with van der Waals surface area (Å²) in [5.74, 6) is 1.45. The second-order valence-corrected chi connectivity index (χ2v) is 10.4. The van der Waals surface area contributed by atoms with Crippen LogP contribution in [0, 0.1) is 19.8 Å². The molecule has 1 fully saturated rings. The lowest BCUT2D eigenvalue weighted by atomic mass is 10.0. The largest absolute Gasteiger partial charge is 0.461 e. The molecule has 2 aromatic rings. The van der Waals surface area contributed by atoms with E-state index in [1.54, 1.807) is 6.07 Å². The monoisotopic (exact) mass is 593 g/mol. The minimum Gasteiger partial charge on any atom is -0.461 e. The molecule has 0 amide bonds. The van der Waals surface area contributed by atoms with Crippen molar-refractivity contribution in [1.82, 2.24) is 5.32 Å². The summed E-state index contributed by atoms with van der Waals surface area (Å²) < 4.78 is 22.4. The maximum atomic E-state index is 12.5. The summed E-state index contributed by atoms with van der Waals surface area (Å²) in [6, 6.07) is 13.3. The molecule has 0 aromatic heterocycles. The number of alkyl halides is 1. The molecule has 0 bridgehead atoms. The molecule has 242 valence electrons. The molecule has 1 aliphatic heterocycles. The smallest absolute Gasteiger partial charge is 0.235 e. The first-order valence-electron chi connectivity index (χ1n) is 15.2. The summed E-state index contributed by atoms with van der Waals surface area (Å²) >= 11 is 0. The number of likely N-dealkylation sites (N-methyl/N-ethyl adjacent to an activating group) is 1. The van der Waals surface area contributed by atoms with Crippen molar-refractivity contribution >= 4 is 12.6 Å². The fourth-order valence-electron chi connectivity index (χ4n) is 3.15. The van der Waals surface area contributed by atoms with Crippen molar-refractivity contribution in [3.63, 3.8) is 0 Å². The normalized spacial score (nSPS) is 15.3. The zero-order valence-electron chi connectivity index (χ0n) is 28.3. The summed E-state index contributed by atoms with van der Waals surface area (Å²) in [5.41, 5.74) is 3.76. The molecule has 1 heterocycles. The Labute approximate surface area is 256 Å². The van der Waals surface area contributed by atoms with Gasteiger partial charge >= 0.3 is 0 Å². The van der Waals surface area contributed by atoms with Crippen LogP contribution >= 0.6 is 0 Å². The molecular weight excluding hydrogens is 533 g/mol. The minimum atomic E-state index is -1.24. The Morgan fingerprint density at radius 2 is 1.64 bits per heavy atom. The molecule has 0 radical (unpaired) electrons. The van der Waals surface area contributed by atoms with Crippen LogP contribution in [0.2, 0.25) is 0 Å². The number of halogens is 1. The first kappa shape index (κ1) is 43.8. The number of aryl methyl sites for hydroxylation is 3. The lowest BCUT2D eigenvalue weighted by Crippen LogP contribution is -2.39. The molecule has 2 N–H and O–H groups in total. The highest BCUT2D eigenvalue weighted by Gasteiger charge is 2.30. The van der Waals surface area contributed by atoms with Gasteiger partial charge in [0.05, 0.1) is 6.61 Å². The van der Waals surface area contributed by atoms with Crippen molar-refractivity contribution in [2.45, 2.75) is 107 Å². The molecule has 0 aliphatic carbocycles. The van der Waals surface area contributed by atoms with Crippen molar-refractivity contribution in [3.05, 3.63) is 64.7 Å². The van der Waals surface area contributed by atoms with Crippen molar-refractivity contribution in [2.75, 3.05) is 26.8 Å². The van der Waals surface area contributed by atoms with E-state index in [-0.39, 0.29) is 0 Å². The van der Waals surface area contributed by atoms with Crippen molar-refractivity contribution in [1.29, 1.82) is 0 Å². The lowest BCUT2D eigenvalue weighted by Gasteiger charge is -2.18. The van der Waals surface area contributed by atoms with E-state index >= 15 is 0 Å². The number of aldehydes is 2.